The van der Waals surface area contributed by atoms with Crippen LogP contribution in [0.4, 0.5) is 0 Å². The summed E-state index contributed by atoms with van der Waals surface area (Å²) in [6, 6.07) is 0.854. The van der Waals surface area contributed by atoms with Gasteiger partial charge >= 0.3 is 5.97 Å². The molecule has 280 valence electrons. The smallest absolute Gasteiger partial charge is 0.348 e. The number of β-lactam (4-membered cyclic amide) rings is 1. The fraction of sp³-hybridized carbons (Fsp3) is 0.545. The highest BCUT2D eigenvalue weighted by Crippen LogP contribution is 2.46. The van der Waals surface area contributed by atoms with Gasteiger partial charge in [0.1, 0.15) is 24.0 Å². The minimum Gasteiger partial charge on any atom is -0.504 e. The molecule has 1 aromatic rings. The SMILES string of the molecule is CC(C)[C@H](O/N=C(\C(=O)N[C@@H]1C(=O)N2C(C=O)=C(C[N+]34CCC(CNC(=O)c5ccc(O)c(O)c5Cl)(CC3)CC4)CS[C@H]12)C1CSC(N)=N1)C(=O)O. The number of phenols is 2. The van der Waals surface area contributed by atoms with E-state index in [9.17, 15) is 39.3 Å². The number of aliphatic carboxylic acids is 1. The quantitative estimate of drug-likeness (QED) is 0.0415. The van der Waals surface area contributed by atoms with Gasteiger partial charge in [0.15, 0.2) is 28.7 Å². The Labute approximate surface area is 312 Å². The van der Waals surface area contributed by atoms with Crippen molar-refractivity contribution in [1.29, 1.82) is 0 Å². The maximum absolute atomic E-state index is 13.5. The van der Waals surface area contributed by atoms with E-state index in [4.69, 9.17) is 22.2 Å². The minimum absolute atomic E-state index is 0.0826. The van der Waals surface area contributed by atoms with Crippen molar-refractivity contribution in [2.45, 2.75) is 56.7 Å². The van der Waals surface area contributed by atoms with Crippen molar-refractivity contribution in [3.8, 4) is 11.5 Å². The van der Waals surface area contributed by atoms with Crippen molar-refractivity contribution < 1.29 is 48.6 Å². The number of fused-ring (bicyclic) bond motifs is 4. The normalized spacial score (nSPS) is 28.9. The number of phenolic OH excluding ortho intramolecular Hbond substituents is 2. The largest absolute Gasteiger partial charge is 0.504 e. The Bertz CT molecular complexity index is 1760. The van der Waals surface area contributed by atoms with Crippen LogP contribution in [0.3, 0.4) is 0 Å². The lowest BCUT2D eigenvalue weighted by Gasteiger charge is -2.56. The molecule has 4 atom stereocenters. The molecule has 1 unspecified atom stereocenters. The number of aldehydes is 1. The molecule has 0 radical (unpaired) electrons. The Morgan fingerprint density at radius 3 is 2.52 bits per heavy atom. The Hall–Kier alpha value is -4.00. The van der Waals surface area contributed by atoms with E-state index in [2.05, 4.69) is 20.8 Å². The number of carboxylic acid groups (broad SMARTS) is 1. The first-order valence-corrected chi connectivity index (χ1v) is 19.3. The number of piperidine rings is 3. The molecule has 16 nitrogen and oxygen atoms in total. The number of aromatic hydroxyl groups is 2. The number of carbonyl (C=O) groups excluding carboxylic acids is 4. The average molecular weight is 779 g/mol. The lowest BCUT2D eigenvalue weighted by Crippen LogP contribution is -2.71. The molecular formula is C33H41ClN7O9S2+. The third-order valence-corrected chi connectivity index (χ3v) is 13.3. The molecule has 0 spiro atoms. The molecule has 1 aromatic carbocycles. The van der Waals surface area contributed by atoms with Crippen LogP contribution in [0.15, 0.2) is 33.6 Å². The Morgan fingerprint density at radius 1 is 1.23 bits per heavy atom. The van der Waals surface area contributed by atoms with E-state index < -0.39 is 64.7 Å². The van der Waals surface area contributed by atoms with E-state index in [1.807, 2.05) is 0 Å². The number of hydrogen-bond acceptors (Lipinski definition) is 13. The number of nitrogens with two attached hydrogens (primary N) is 1. The van der Waals surface area contributed by atoms with Crippen LogP contribution in [0.25, 0.3) is 0 Å². The van der Waals surface area contributed by atoms with Gasteiger partial charge in [0.2, 0.25) is 6.10 Å². The molecule has 6 heterocycles. The van der Waals surface area contributed by atoms with Crippen molar-refractivity contribution in [2.75, 3.05) is 44.2 Å². The number of quaternary nitrogens is 1. The molecule has 4 saturated heterocycles. The van der Waals surface area contributed by atoms with Crippen LogP contribution in [0.2, 0.25) is 5.02 Å². The monoisotopic (exact) mass is 778 g/mol. The zero-order valence-corrected chi connectivity index (χ0v) is 30.9. The molecule has 0 aromatic heterocycles. The summed E-state index contributed by atoms with van der Waals surface area (Å²) in [5.74, 6) is -3.43. The van der Waals surface area contributed by atoms with E-state index in [-0.39, 0.29) is 26.9 Å². The maximum atomic E-state index is 13.5. The van der Waals surface area contributed by atoms with Gasteiger partial charge in [-0.1, -0.05) is 42.4 Å². The molecule has 7 N–H and O–H groups in total. The lowest BCUT2D eigenvalue weighted by molar-refractivity contribution is -0.941. The number of halogens is 1. The summed E-state index contributed by atoms with van der Waals surface area (Å²) in [4.78, 5) is 75.0. The summed E-state index contributed by atoms with van der Waals surface area (Å²) in [7, 11) is 0. The number of carboxylic acids is 1. The highest BCUT2D eigenvalue weighted by molar-refractivity contribution is 8.14. The number of allylic oxidation sites excluding steroid dienone is 1. The Balaban J connectivity index is 1.08. The van der Waals surface area contributed by atoms with Crippen LogP contribution < -0.4 is 16.4 Å². The van der Waals surface area contributed by atoms with E-state index >= 15 is 0 Å². The fourth-order valence-electron chi connectivity index (χ4n) is 7.42. The molecule has 3 amide bonds. The zero-order chi connectivity index (χ0) is 37.5. The Kier molecular flexibility index (Phi) is 10.7. The number of carbonyl (C=O) groups is 5. The number of aliphatic imine (C=N–C) groups is 1. The molecule has 6 aliphatic rings. The van der Waals surface area contributed by atoms with Crippen molar-refractivity contribution in [3.05, 3.63) is 34.0 Å². The van der Waals surface area contributed by atoms with Gasteiger partial charge in [0.25, 0.3) is 17.7 Å². The molecule has 0 aliphatic carbocycles. The second-order valence-corrected chi connectivity index (χ2v) is 16.8. The molecule has 4 fully saturated rings. The number of hydrogen-bond donors (Lipinski definition) is 6. The van der Waals surface area contributed by atoms with Crippen molar-refractivity contribution >= 4 is 76.0 Å². The van der Waals surface area contributed by atoms with E-state index in [1.54, 1.807) is 13.8 Å². The second kappa shape index (κ2) is 14.8. The standard InChI is InChI=1S/C33H40ClN7O9S2/c1-16(2)26(31(48)49)50-39-23(19-14-52-32(35)37-19)28(46)38-24-29(47)40-20(12-42)17(13-51-30(24)40)11-41-8-5-33(6-9-41,7-10-41)15-36-27(45)18-3-4-21(43)25(44)22(18)34/h3-4,12,16,19,24,26,30H,5-11,13-15H2,1-2H3,(H6-,35,36,37,38,39,43,44,45,46,48,49)/p+1/t19?,24-,26+,30-,33?,41?/m1/s1. The number of amides is 3. The van der Waals surface area contributed by atoms with E-state index in [0.717, 1.165) is 49.0 Å². The first-order chi connectivity index (χ1) is 24.7. The zero-order valence-electron chi connectivity index (χ0n) is 28.5. The predicted octanol–water partition coefficient (Wildman–Crippen LogP) is 1.25. The van der Waals surface area contributed by atoms with Crippen LogP contribution in [0.5, 0.6) is 11.5 Å². The van der Waals surface area contributed by atoms with Gasteiger partial charge in [0, 0.05) is 54.2 Å². The molecule has 0 saturated carbocycles. The van der Waals surface area contributed by atoms with Crippen LogP contribution in [-0.4, -0.2) is 133 Å². The molecule has 52 heavy (non-hydrogen) atoms. The molecular weight excluding hydrogens is 738 g/mol. The van der Waals surface area contributed by atoms with Crippen LogP contribution in [0, 0.1) is 11.3 Å². The number of nitrogens with zero attached hydrogens (tertiary/aromatic N) is 4. The van der Waals surface area contributed by atoms with Gasteiger partial charge in [-0.15, -0.1) is 11.8 Å². The first-order valence-electron chi connectivity index (χ1n) is 16.9. The predicted molar refractivity (Wildman–Crippen MR) is 194 cm³/mol. The van der Waals surface area contributed by atoms with Crippen LogP contribution in [0.1, 0.15) is 43.5 Å². The molecule has 19 heteroatoms. The van der Waals surface area contributed by atoms with Gasteiger partial charge in [0.05, 0.1) is 35.9 Å². The number of oxime groups is 1. The summed E-state index contributed by atoms with van der Waals surface area (Å²) in [6.45, 7) is 6.84. The number of benzene rings is 1. The van der Waals surface area contributed by atoms with Gasteiger partial charge in [-0.25, -0.2) is 4.79 Å². The lowest BCUT2D eigenvalue weighted by atomic mass is 9.70. The van der Waals surface area contributed by atoms with E-state index in [1.165, 1.54) is 40.6 Å². The number of thioether (sulfide) groups is 2. The first kappa shape index (κ1) is 37.7. The number of amidine groups is 1. The summed E-state index contributed by atoms with van der Waals surface area (Å²) in [5, 5.41) is 38.2. The van der Waals surface area contributed by atoms with Crippen molar-refractivity contribution in [3.63, 3.8) is 0 Å². The topological polar surface area (TPSA) is 233 Å². The van der Waals surface area contributed by atoms with Crippen LogP contribution in [-0.2, 0) is 24.0 Å². The summed E-state index contributed by atoms with van der Waals surface area (Å²) >= 11 is 8.76. The summed E-state index contributed by atoms with van der Waals surface area (Å²) < 4.78 is 0.768. The number of rotatable bonds is 13. The summed E-state index contributed by atoms with van der Waals surface area (Å²) in [6.07, 6.45) is 1.96. The molecule has 7 rings (SSSR count). The number of nitrogens with one attached hydrogen (secondary N) is 2. The summed E-state index contributed by atoms with van der Waals surface area (Å²) in [5.41, 5.74) is 6.80. The Morgan fingerprint density at radius 2 is 1.92 bits per heavy atom. The minimum atomic E-state index is -1.30. The van der Waals surface area contributed by atoms with Crippen molar-refractivity contribution in [1.82, 2.24) is 15.5 Å². The van der Waals surface area contributed by atoms with Crippen molar-refractivity contribution in [2.24, 2.45) is 27.2 Å². The highest BCUT2D eigenvalue weighted by Gasteiger charge is 2.55. The van der Waals surface area contributed by atoms with Crippen LogP contribution >= 0.6 is 35.1 Å². The average Bonchev–Trinajstić information content (AvgIpc) is 3.56. The van der Waals surface area contributed by atoms with Gasteiger partial charge in [-0.2, -0.15) is 0 Å². The molecule has 2 bridgehead atoms. The third-order valence-electron chi connectivity index (χ3n) is 10.7. The fourth-order valence-corrected chi connectivity index (χ4v) is 9.78. The van der Waals surface area contributed by atoms with Gasteiger partial charge in [-0.05, 0) is 12.1 Å². The third kappa shape index (κ3) is 7.17. The molecule has 6 aliphatic heterocycles. The highest BCUT2D eigenvalue weighted by atomic mass is 35.5. The second-order valence-electron chi connectivity index (χ2n) is 14.2. The van der Waals surface area contributed by atoms with E-state index in [0.29, 0.717) is 36.6 Å². The van der Waals surface area contributed by atoms with Gasteiger partial charge < -0.3 is 41.0 Å². The van der Waals surface area contributed by atoms with Gasteiger partial charge in [-0.3, -0.25) is 29.1 Å². The maximum Gasteiger partial charge on any atom is 0.348 e.